The Morgan fingerprint density at radius 3 is 1.67 bits per heavy atom. The van der Waals surface area contributed by atoms with E-state index < -0.39 is 14.3 Å². The largest absolute Gasteiger partial charge is 0.398 e. The second-order valence-electron chi connectivity index (χ2n) is 8.52. The molecule has 0 aliphatic carbocycles. The van der Waals surface area contributed by atoms with Gasteiger partial charge in [0.1, 0.15) is 19.3 Å². The number of hydrogen-bond acceptors (Lipinski definition) is 8. The maximum absolute atomic E-state index is 12.2. The van der Waals surface area contributed by atoms with Gasteiger partial charge in [0.05, 0.1) is 23.1 Å². The number of benzene rings is 2. The molecule has 0 spiro atoms. The number of rotatable bonds is 4. The number of halogens is 5. The third-order valence-electron chi connectivity index (χ3n) is 4.64. The van der Waals surface area contributed by atoms with Gasteiger partial charge >= 0.3 is 0 Å². The summed E-state index contributed by atoms with van der Waals surface area (Å²) in [4.78, 5) is 14.9. The van der Waals surface area contributed by atoms with E-state index in [2.05, 4.69) is 25.3 Å². The van der Waals surface area contributed by atoms with Crippen molar-refractivity contribution in [2.24, 2.45) is 0 Å². The molecule has 2 aromatic heterocycles. The SMILES string of the molecule is CP(C)(=O)c1ccccc1N.CP(C)(=O)c1ccccc1Nc1nc(Cl)ncc1Cl.Clc1ncc(Cl)c(Cl)n1. The predicted octanol–water partition coefficient (Wildman–Crippen LogP) is 7.73. The van der Waals surface area contributed by atoms with Gasteiger partial charge in [-0.1, -0.05) is 59.1 Å². The van der Waals surface area contributed by atoms with E-state index in [1.807, 2.05) is 42.5 Å². The molecule has 2 aromatic carbocycles. The first-order chi connectivity index (χ1) is 18.1. The third-order valence-corrected chi connectivity index (χ3v) is 9.06. The van der Waals surface area contributed by atoms with Gasteiger partial charge in [-0.3, -0.25) is 0 Å². The third kappa shape index (κ3) is 10.9. The van der Waals surface area contributed by atoms with Gasteiger partial charge < -0.3 is 20.2 Å². The molecule has 2 heterocycles. The number of nitrogens with zero attached hydrogens (tertiary/aromatic N) is 4. The summed E-state index contributed by atoms with van der Waals surface area (Å²) in [6, 6.07) is 14.6. The molecule has 15 heteroatoms. The van der Waals surface area contributed by atoms with Crippen molar-refractivity contribution in [1.82, 2.24) is 19.9 Å². The molecule has 0 atom stereocenters. The van der Waals surface area contributed by atoms with Gasteiger partial charge in [-0.25, -0.2) is 15.0 Å². The molecule has 8 nitrogen and oxygen atoms in total. The molecule has 208 valence electrons. The van der Waals surface area contributed by atoms with Crippen LogP contribution in [0.15, 0.2) is 60.9 Å². The van der Waals surface area contributed by atoms with Crippen molar-refractivity contribution in [3.05, 3.63) is 86.7 Å². The molecule has 3 N–H and O–H groups in total. The highest BCUT2D eigenvalue weighted by Crippen LogP contribution is 2.38. The normalized spacial score (nSPS) is 11.0. The minimum atomic E-state index is -2.40. The molecule has 0 bridgehead atoms. The molecule has 0 amide bonds. The van der Waals surface area contributed by atoms with Gasteiger partial charge in [-0.15, -0.1) is 0 Å². The lowest BCUT2D eigenvalue weighted by Crippen LogP contribution is -2.10. The number of nitrogens with two attached hydrogens (primary N) is 1. The van der Waals surface area contributed by atoms with Crippen molar-refractivity contribution in [3.63, 3.8) is 0 Å². The average Bonchev–Trinajstić information content (AvgIpc) is 2.84. The van der Waals surface area contributed by atoms with Crippen LogP contribution in [0.1, 0.15) is 0 Å². The van der Waals surface area contributed by atoms with E-state index in [0.717, 1.165) is 10.6 Å². The first-order valence-electron chi connectivity index (χ1n) is 10.9. The number of aromatic nitrogens is 4. The fourth-order valence-corrected chi connectivity index (χ4v) is 5.88. The molecule has 0 fully saturated rings. The van der Waals surface area contributed by atoms with Crippen molar-refractivity contribution >= 4 is 100 Å². The molecule has 0 aliphatic rings. The second kappa shape index (κ2) is 14.7. The Morgan fingerprint density at radius 2 is 1.18 bits per heavy atom. The Balaban J connectivity index is 0.000000226. The number of nitrogens with one attached hydrogen (secondary N) is 1. The van der Waals surface area contributed by atoms with E-state index in [4.69, 9.17) is 63.7 Å². The number of hydrogen-bond donors (Lipinski definition) is 2. The Kier molecular flexibility index (Phi) is 12.5. The topological polar surface area (TPSA) is 124 Å². The summed E-state index contributed by atoms with van der Waals surface area (Å²) in [5.41, 5.74) is 6.96. The summed E-state index contributed by atoms with van der Waals surface area (Å²) >= 11 is 28.0. The molecule has 0 saturated carbocycles. The summed E-state index contributed by atoms with van der Waals surface area (Å²) in [5.74, 6) is 0.391. The van der Waals surface area contributed by atoms with Crippen molar-refractivity contribution in [3.8, 4) is 0 Å². The molecule has 39 heavy (non-hydrogen) atoms. The van der Waals surface area contributed by atoms with E-state index in [1.165, 1.54) is 12.4 Å². The highest BCUT2D eigenvalue weighted by molar-refractivity contribution is 7.70. The van der Waals surface area contributed by atoms with E-state index in [9.17, 15) is 9.13 Å². The van der Waals surface area contributed by atoms with Gasteiger partial charge in [0, 0.05) is 16.3 Å². The monoisotopic (exact) mass is 666 g/mol. The molecule has 4 aromatic rings. The van der Waals surface area contributed by atoms with Crippen LogP contribution in [0.3, 0.4) is 0 Å². The Bertz CT molecular complexity index is 1530. The van der Waals surface area contributed by atoms with Gasteiger partial charge in [0.25, 0.3) is 0 Å². The Hall–Kier alpha value is -1.89. The molecular formula is C24H25Cl5N6O2P2. The predicted molar refractivity (Wildman–Crippen MR) is 168 cm³/mol. The van der Waals surface area contributed by atoms with Crippen molar-refractivity contribution < 1.29 is 9.13 Å². The highest BCUT2D eigenvalue weighted by Gasteiger charge is 2.17. The van der Waals surface area contributed by atoms with Crippen molar-refractivity contribution in [1.29, 1.82) is 0 Å². The standard InChI is InChI=1S/C12H12Cl2N3OP.C8H12NOP.C4HCl3N2/c1-19(2,18)10-6-4-3-5-9(10)16-11-8(13)7-15-12(14)17-11;1-11(2,10)8-6-4-3-5-7(8)9;5-2-1-8-4(7)9-3(2)6/h3-7H,1-2H3,(H,15,16,17);3-6H,9H2,1-2H3;1H. The molecule has 0 radical (unpaired) electrons. The Labute approximate surface area is 252 Å². The zero-order chi connectivity index (χ0) is 29.4. The first kappa shape index (κ1) is 33.3. The minimum Gasteiger partial charge on any atom is -0.398 e. The van der Waals surface area contributed by atoms with Crippen LogP contribution in [0.2, 0.25) is 25.8 Å². The minimum absolute atomic E-state index is 0.0977. The van der Waals surface area contributed by atoms with Crippen LogP contribution < -0.4 is 21.7 Å². The van der Waals surface area contributed by atoms with Crippen molar-refractivity contribution in [2.75, 3.05) is 37.7 Å². The maximum Gasteiger partial charge on any atom is 0.224 e. The Morgan fingerprint density at radius 1 is 0.692 bits per heavy atom. The summed E-state index contributed by atoms with van der Waals surface area (Å²) < 4.78 is 23.8. The fraction of sp³-hybridized carbons (Fsp3) is 0.167. The van der Waals surface area contributed by atoms with E-state index >= 15 is 0 Å². The smallest absolute Gasteiger partial charge is 0.224 e. The molecule has 0 saturated heterocycles. The lowest BCUT2D eigenvalue weighted by atomic mass is 10.3. The van der Waals surface area contributed by atoms with E-state index in [0.29, 0.717) is 27.2 Å². The number of anilines is 3. The lowest BCUT2D eigenvalue weighted by molar-refractivity contribution is 0.587. The van der Waals surface area contributed by atoms with Crippen LogP contribution in [0.5, 0.6) is 0 Å². The molecular weight excluding hydrogens is 644 g/mol. The fourth-order valence-electron chi connectivity index (χ4n) is 2.91. The first-order valence-corrected chi connectivity index (χ1v) is 18.0. The van der Waals surface area contributed by atoms with E-state index in [1.54, 1.807) is 32.7 Å². The highest BCUT2D eigenvalue weighted by atomic mass is 35.5. The van der Waals surface area contributed by atoms with Crippen LogP contribution in [0, 0.1) is 0 Å². The summed E-state index contributed by atoms with van der Waals surface area (Å²) in [7, 11) is -4.58. The summed E-state index contributed by atoms with van der Waals surface area (Å²) in [6.07, 6.45) is 2.76. The lowest BCUT2D eigenvalue weighted by Gasteiger charge is -2.15. The zero-order valence-corrected chi connectivity index (χ0v) is 26.8. The summed E-state index contributed by atoms with van der Waals surface area (Å²) in [6.45, 7) is 6.86. The number of para-hydroxylation sites is 2. The zero-order valence-electron chi connectivity index (χ0n) is 21.2. The number of nitrogen functional groups attached to an aromatic ring is 1. The summed E-state index contributed by atoms with van der Waals surface area (Å²) in [5, 5.41) is 5.59. The van der Waals surface area contributed by atoms with Crippen LogP contribution in [-0.4, -0.2) is 46.6 Å². The van der Waals surface area contributed by atoms with Crippen LogP contribution in [-0.2, 0) is 9.13 Å². The van der Waals surface area contributed by atoms with Crippen LogP contribution in [0.4, 0.5) is 17.2 Å². The maximum atomic E-state index is 12.2. The quantitative estimate of drug-likeness (QED) is 0.0981. The van der Waals surface area contributed by atoms with Gasteiger partial charge in [-0.2, -0.15) is 4.98 Å². The van der Waals surface area contributed by atoms with Gasteiger partial charge in [0.2, 0.25) is 10.6 Å². The van der Waals surface area contributed by atoms with Crippen molar-refractivity contribution in [2.45, 2.75) is 0 Å². The average molecular weight is 669 g/mol. The van der Waals surface area contributed by atoms with Gasteiger partial charge in [-0.05, 0) is 74.1 Å². The molecule has 4 rings (SSSR count). The molecule has 0 unspecified atom stereocenters. The second-order valence-corrected chi connectivity index (χ2v) is 16.7. The van der Waals surface area contributed by atoms with E-state index in [-0.39, 0.29) is 15.7 Å². The van der Waals surface area contributed by atoms with Crippen LogP contribution >= 0.6 is 72.3 Å². The van der Waals surface area contributed by atoms with Gasteiger partial charge in [0.15, 0.2) is 11.0 Å². The van der Waals surface area contributed by atoms with Crippen LogP contribution in [0.25, 0.3) is 0 Å². The molecule has 0 aliphatic heterocycles.